The van der Waals surface area contributed by atoms with Crippen molar-refractivity contribution in [1.29, 1.82) is 0 Å². The molecule has 0 radical (unpaired) electrons. The molecular weight excluding hydrogens is 222 g/mol. The highest BCUT2D eigenvalue weighted by atomic mass is 16.5. The van der Waals surface area contributed by atoms with Gasteiger partial charge in [0, 0.05) is 11.6 Å². The lowest BCUT2D eigenvalue weighted by Crippen LogP contribution is -2.25. The van der Waals surface area contributed by atoms with E-state index in [0.717, 1.165) is 5.75 Å². The molecule has 1 rings (SSSR count). The Kier molecular flexibility index (Phi) is 6.81. The SMILES string of the molecule is CCCCC(CC)C(NC)c1ccccc1OC. The Labute approximate surface area is 112 Å². The predicted octanol–water partition coefficient (Wildman–Crippen LogP) is 4.17. The van der Waals surface area contributed by atoms with Crippen molar-refractivity contribution in [3.8, 4) is 5.75 Å². The predicted molar refractivity (Wildman–Crippen MR) is 78.1 cm³/mol. The van der Waals surface area contributed by atoms with E-state index >= 15 is 0 Å². The Morgan fingerprint density at radius 1 is 1.22 bits per heavy atom. The van der Waals surface area contributed by atoms with Gasteiger partial charge in [0.15, 0.2) is 0 Å². The van der Waals surface area contributed by atoms with E-state index in [0.29, 0.717) is 12.0 Å². The smallest absolute Gasteiger partial charge is 0.123 e. The summed E-state index contributed by atoms with van der Waals surface area (Å²) in [6.45, 7) is 4.53. The third kappa shape index (κ3) is 3.74. The van der Waals surface area contributed by atoms with Crippen molar-refractivity contribution in [3.05, 3.63) is 29.8 Å². The van der Waals surface area contributed by atoms with Gasteiger partial charge in [-0.15, -0.1) is 0 Å². The third-order valence-electron chi connectivity index (χ3n) is 3.71. The van der Waals surface area contributed by atoms with Gasteiger partial charge in [0.2, 0.25) is 0 Å². The minimum absolute atomic E-state index is 0.387. The maximum Gasteiger partial charge on any atom is 0.123 e. The van der Waals surface area contributed by atoms with Gasteiger partial charge in [0.05, 0.1) is 7.11 Å². The van der Waals surface area contributed by atoms with Crippen molar-refractivity contribution in [1.82, 2.24) is 5.32 Å². The Hall–Kier alpha value is -1.02. The van der Waals surface area contributed by atoms with Crippen LogP contribution in [0, 0.1) is 5.92 Å². The minimum Gasteiger partial charge on any atom is -0.496 e. The van der Waals surface area contributed by atoms with E-state index in [1.54, 1.807) is 7.11 Å². The summed E-state index contributed by atoms with van der Waals surface area (Å²) in [5, 5.41) is 3.47. The molecule has 1 N–H and O–H groups in total. The Balaban J connectivity index is 2.92. The molecule has 2 atom stereocenters. The molecule has 2 heteroatoms. The molecule has 0 aromatic heterocycles. The normalized spacial score (nSPS) is 14.2. The number of unbranched alkanes of at least 4 members (excludes halogenated alkanes) is 1. The van der Waals surface area contributed by atoms with Crippen LogP contribution in [0.15, 0.2) is 24.3 Å². The molecule has 0 aliphatic heterocycles. The van der Waals surface area contributed by atoms with Crippen LogP contribution in [0.3, 0.4) is 0 Å². The van der Waals surface area contributed by atoms with E-state index in [2.05, 4.69) is 31.3 Å². The number of rotatable bonds is 8. The van der Waals surface area contributed by atoms with Gasteiger partial charge in [-0.1, -0.05) is 51.3 Å². The molecule has 102 valence electrons. The van der Waals surface area contributed by atoms with Crippen LogP contribution >= 0.6 is 0 Å². The standard InChI is InChI=1S/C16H27NO/c1-5-7-10-13(6-2)16(17-3)14-11-8-9-12-15(14)18-4/h8-9,11-13,16-17H,5-7,10H2,1-4H3. The van der Waals surface area contributed by atoms with Crippen molar-refractivity contribution in [3.63, 3.8) is 0 Å². The molecule has 2 unspecified atom stereocenters. The number of methoxy groups -OCH3 is 1. The first-order valence-electron chi connectivity index (χ1n) is 7.08. The fourth-order valence-electron chi connectivity index (χ4n) is 2.64. The molecule has 18 heavy (non-hydrogen) atoms. The zero-order chi connectivity index (χ0) is 13.4. The van der Waals surface area contributed by atoms with Crippen LogP contribution in [-0.2, 0) is 0 Å². The summed E-state index contributed by atoms with van der Waals surface area (Å²) in [6.07, 6.45) is 5.03. The summed E-state index contributed by atoms with van der Waals surface area (Å²) in [7, 11) is 3.80. The van der Waals surface area contributed by atoms with Crippen LogP contribution in [0.4, 0.5) is 0 Å². The largest absolute Gasteiger partial charge is 0.496 e. The molecule has 1 aromatic carbocycles. The zero-order valence-electron chi connectivity index (χ0n) is 12.2. The first-order valence-corrected chi connectivity index (χ1v) is 7.08. The summed E-state index contributed by atoms with van der Waals surface area (Å²) in [4.78, 5) is 0. The quantitative estimate of drug-likeness (QED) is 0.746. The Bertz CT molecular complexity index is 338. The fourth-order valence-corrected chi connectivity index (χ4v) is 2.64. The average Bonchev–Trinajstić information content (AvgIpc) is 2.43. The summed E-state index contributed by atoms with van der Waals surface area (Å²) < 4.78 is 5.49. The van der Waals surface area contributed by atoms with Crippen LogP contribution < -0.4 is 10.1 Å². The van der Waals surface area contributed by atoms with E-state index in [4.69, 9.17) is 4.74 Å². The van der Waals surface area contributed by atoms with Crippen molar-refractivity contribution in [2.45, 2.75) is 45.6 Å². The van der Waals surface area contributed by atoms with Crippen LogP contribution in [0.25, 0.3) is 0 Å². The zero-order valence-corrected chi connectivity index (χ0v) is 12.2. The van der Waals surface area contributed by atoms with Crippen LogP contribution in [0.5, 0.6) is 5.75 Å². The molecule has 0 bridgehead atoms. The van der Waals surface area contributed by atoms with Gasteiger partial charge in [-0.3, -0.25) is 0 Å². The maximum atomic E-state index is 5.49. The number of ether oxygens (including phenoxy) is 1. The molecule has 0 fully saturated rings. The van der Waals surface area contributed by atoms with Gasteiger partial charge >= 0.3 is 0 Å². The first-order chi connectivity index (χ1) is 8.78. The summed E-state index contributed by atoms with van der Waals surface area (Å²) in [5.41, 5.74) is 1.28. The van der Waals surface area contributed by atoms with Gasteiger partial charge in [0.1, 0.15) is 5.75 Å². The second-order valence-corrected chi connectivity index (χ2v) is 4.82. The number of nitrogens with one attached hydrogen (secondary N) is 1. The molecule has 0 amide bonds. The van der Waals surface area contributed by atoms with Gasteiger partial charge in [-0.25, -0.2) is 0 Å². The highest BCUT2D eigenvalue weighted by Gasteiger charge is 2.22. The van der Waals surface area contributed by atoms with E-state index < -0.39 is 0 Å². The molecule has 0 aliphatic rings. The van der Waals surface area contributed by atoms with Crippen LogP contribution in [0.2, 0.25) is 0 Å². The molecular formula is C16H27NO. The molecule has 0 spiro atoms. The van der Waals surface area contributed by atoms with Gasteiger partial charge in [-0.2, -0.15) is 0 Å². The monoisotopic (exact) mass is 249 g/mol. The third-order valence-corrected chi connectivity index (χ3v) is 3.71. The summed E-state index contributed by atoms with van der Waals surface area (Å²) in [5.74, 6) is 1.66. The Morgan fingerprint density at radius 3 is 2.50 bits per heavy atom. The lowest BCUT2D eigenvalue weighted by molar-refractivity contribution is 0.324. The molecule has 2 nitrogen and oxygen atoms in total. The fraction of sp³-hybridized carbons (Fsp3) is 0.625. The molecule has 0 saturated carbocycles. The molecule has 0 aliphatic carbocycles. The number of hydrogen-bond acceptors (Lipinski definition) is 2. The Morgan fingerprint density at radius 2 is 1.94 bits per heavy atom. The average molecular weight is 249 g/mol. The topological polar surface area (TPSA) is 21.3 Å². The van der Waals surface area contributed by atoms with Crippen molar-refractivity contribution in [2.75, 3.05) is 14.2 Å². The van der Waals surface area contributed by atoms with Crippen LogP contribution in [-0.4, -0.2) is 14.2 Å². The highest BCUT2D eigenvalue weighted by molar-refractivity contribution is 5.36. The van der Waals surface area contributed by atoms with Gasteiger partial charge in [0.25, 0.3) is 0 Å². The number of benzene rings is 1. The lowest BCUT2D eigenvalue weighted by atomic mass is 9.86. The van der Waals surface area contributed by atoms with Gasteiger partial charge < -0.3 is 10.1 Å². The second kappa shape index (κ2) is 8.15. The van der Waals surface area contributed by atoms with Crippen molar-refractivity contribution < 1.29 is 4.74 Å². The van der Waals surface area contributed by atoms with E-state index in [9.17, 15) is 0 Å². The highest BCUT2D eigenvalue weighted by Crippen LogP contribution is 2.33. The molecule has 1 aromatic rings. The summed E-state index contributed by atoms with van der Waals surface area (Å²) >= 11 is 0. The number of hydrogen-bond donors (Lipinski definition) is 1. The molecule has 0 heterocycles. The second-order valence-electron chi connectivity index (χ2n) is 4.82. The van der Waals surface area contributed by atoms with Crippen molar-refractivity contribution >= 4 is 0 Å². The first kappa shape index (κ1) is 15.0. The lowest BCUT2D eigenvalue weighted by Gasteiger charge is -2.27. The van der Waals surface area contributed by atoms with E-state index in [-0.39, 0.29) is 0 Å². The van der Waals surface area contributed by atoms with E-state index in [1.165, 1.54) is 31.2 Å². The molecule has 0 saturated heterocycles. The van der Waals surface area contributed by atoms with E-state index in [1.807, 2.05) is 19.2 Å². The van der Waals surface area contributed by atoms with Crippen LogP contribution in [0.1, 0.15) is 51.1 Å². The minimum atomic E-state index is 0.387. The summed E-state index contributed by atoms with van der Waals surface area (Å²) in [6, 6.07) is 8.73. The van der Waals surface area contributed by atoms with Gasteiger partial charge in [-0.05, 0) is 25.5 Å². The van der Waals surface area contributed by atoms with Crippen molar-refractivity contribution in [2.24, 2.45) is 5.92 Å². The maximum absolute atomic E-state index is 5.49. The number of para-hydroxylation sites is 1.